The number of carboxylic acid groups (broad SMARTS) is 1. The van der Waals surface area contributed by atoms with Gasteiger partial charge in [0.1, 0.15) is 5.54 Å². The van der Waals surface area contributed by atoms with E-state index in [0.717, 1.165) is 32.2 Å². The van der Waals surface area contributed by atoms with Crippen molar-refractivity contribution in [1.29, 1.82) is 0 Å². The standard InChI is InChI=1S/C17H33NO3/c1-4-6-7-8-9-14(3)21-13-17(16(19)20,15-10-11-15)18-12-5-2/h14-15,18H,4-13H2,1-3H3,(H,19,20). The highest BCUT2D eigenvalue weighted by Crippen LogP contribution is 2.40. The Morgan fingerprint density at radius 3 is 2.52 bits per heavy atom. The van der Waals surface area contributed by atoms with Gasteiger partial charge in [0, 0.05) is 0 Å². The van der Waals surface area contributed by atoms with Gasteiger partial charge < -0.3 is 9.84 Å². The average Bonchev–Trinajstić information content (AvgIpc) is 3.29. The Hall–Kier alpha value is -0.610. The summed E-state index contributed by atoms with van der Waals surface area (Å²) < 4.78 is 5.90. The fourth-order valence-electron chi connectivity index (χ4n) is 2.76. The Kier molecular flexibility index (Phi) is 8.27. The van der Waals surface area contributed by atoms with Crippen LogP contribution in [0, 0.1) is 5.92 Å². The van der Waals surface area contributed by atoms with Crippen LogP contribution < -0.4 is 5.32 Å². The number of carbonyl (C=O) groups is 1. The molecule has 2 atom stereocenters. The van der Waals surface area contributed by atoms with Crippen LogP contribution in [0.3, 0.4) is 0 Å². The van der Waals surface area contributed by atoms with E-state index in [1.54, 1.807) is 0 Å². The van der Waals surface area contributed by atoms with Crippen LogP contribution in [0.25, 0.3) is 0 Å². The molecule has 4 heteroatoms. The van der Waals surface area contributed by atoms with Crippen LogP contribution in [-0.2, 0) is 9.53 Å². The molecule has 1 fully saturated rings. The average molecular weight is 299 g/mol. The first-order chi connectivity index (χ1) is 10.1. The number of aliphatic carboxylic acids is 1. The van der Waals surface area contributed by atoms with Crippen LogP contribution in [0.4, 0.5) is 0 Å². The number of hydrogen-bond acceptors (Lipinski definition) is 3. The van der Waals surface area contributed by atoms with E-state index in [9.17, 15) is 9.90 Å². The maximum absolute atomic E-state index is 11.8. The predicted octanol–water partition coefficient (Wildman–Crippen LogP) is 3.59. The molecule has 0 aliphatic heterocycles. The van der Waals surface area contributed by atoms with E-state index >= 15 is 0 Å². The summed E-state index contributed by atoms with van der Waals surface area (Å²) in [7, 11) is 0. The summed E-state index contributed by atoms with van der Waals surface area (Å²) in [6.07, 6.45) is 9.01. The third-order valence-electron chi connectivity index (χ3n) is 4.41. The zero-order chi connectivity index (χ0) is 15.7. The van der Waals surface area contributed by atoms with E-state index < -0.39 is 11.5 Å². The molecule has 1 aliphatic carbocycles. The lowest BCUT2D eigenvalue weighted by Crippen LogP contribution is -2.58. The summed E-state index contributed by atoms with van der Waals surface area (Å²) in [4.78, 5) is 11.8. The van der Waals surface area contributed by atoms with Crippen LogP contribution in [0.5, 0.6) is 0 Å². The minimum atomic E-state index is -0.867. The predicted molar refractivity (Wildman–Crippen MR) is 85.6 cm³/mol. The van der Waals surface area contributed by atoms with Crippen molar-refractivity contribution in [3.05, 3.63) is 0 Å². The topological polar surface area (TPSA) is 58.6 Å². The highest BCUT2D eigenvalue weighted by molar-refractivity contribution is 5.80. The van der Waals surface area contributed by atoms with Gasteiger partial charge in [-0.3, -0.25) is 10.1 Å². The van der Waals surface area contributed by atoms with Crippen molar-refractivity contribution in [3.63, 3.8) is 0 Å². The molecule has 0 spiro atoms. The highest BCUT2D eigenvalue weighted by Gasteiger charge is 2.51. The molecule has 0 saturated heterocycles. The van der Waals surface area contributed by atoms with Gasteiger partial charge in [0.25, 0.3) is 0 Å². The fraction of sp³-hybridized carbons (Fsp3) is 0.941. The zero-order valence-electron chi connectivity index (χ0n) is 14.0. The Bertz CT molecular complexity index is 304. The van der Waals surface area contributed by atoms with Crippen LogP contribution in [0.15, 0.2) is 0 Å². The molecule has 1 aliphatic rings. The van der Waals surface area contributed by atoms with Gasteiger partial charge in [-0.2, -0.15) is 0 Å². The largest absolute Gasteiger partial charge is 0.480 e. The van der Waals surface area contributed by atoms with E-state index in [2.05, 4.69) is 26.1 Å². The van der Waals surface area contributed by atoms with E-state index in [4.69, 9.17) is 4.74 Å². The van der Waals surface area contributed by atoms with Crippen LogP contribution >= 0.6 is 0 Å². The van der Waals surface area contributed by atoms with Crippen LogP contribution in [0.1, 0.15) is 72.1 Å². The third-order valence-corrected chi connectivity index (χ3v) is 4.41. The maximum Gasteiger partial charge on any atom is 0.326 e. The van der Waals surface area contributed by atoms with Crippen molar-refractivity contribution in [1.82, 2.24) is 5.32 Å². The molecule has 0 aromatic rings. The monoisotopic (exact) mass is 299 g/mol. The van der Waals surface area contributed by atoms with Gasteiger partial charge >= 0.3 is 5.97 Å². The Labute approximate surface area is 129 Å². The van der Waals surface area contributed by atoms with E-state index in [0.29, 0.717) is 6.61 Å². The van der Waals surface area contributed by atoms with E-state index in [-0.39, 0.29) is 12.0 Å². The SMILES string of the molecule is CCCCCCC(C)OCC(NCCC)(C(=O)O)C1CC1. The smallest absolute Gasteiger partial charge is 0.326 e. The molecule has 0 bridgehead atoms. The molecule has 0 amide bonds. The van der Waals surface area contributed by atoms with Gasteiger partial charge in [-0.05, 0) is 45.1 Å². The second-order valence-electron chi connectivity index (χ2n) is 6.45. The summed E-state index contributed by atoms with van der Waals surface area (Å²) in [5.74, 6) is -0.523. The molecule has 2 unspecified atom stereocenters. The van der Waals surface area contributed by atoms with Crippen molar-refractivity contribution < 1.29 is 14.6 Å². The Balaban J connectivity index is 2.43. The normalized spacial score (nSPS) is 19.2. The van der Waals surface area contributed by atoms with Gasteiger partial charge in [-0.1, -0.05) is 39.5 Å². The van der Waals surface area contributed by atoms with Crippen molar-refractivity contribution >= 4 is 5.97 Å². The van der Waals surface area contributed by atoms with Crippen molar-refractivity contribution in [2.45, 2.75) is 83.8 Å². The summed E-state index contributed by atoms with van der Waals surface area (Å²) in [6, 6.07) is 0. The van der Waals surface area contributed by atoms with Gasteiger partial charge in [0.05, 0.1) is 12.7 Å². The van der Waals surface area contributed by atoms with Gasteiger partial charge in [-0.25, -0.2) is 0 Å². The van der Waals surface area contributed by atoms with Gasteiger partial charge in [0.15, 0.2) is 0 Å². The molecule has 0 radical (unpaired) electrons. The molecule has 0 aromatic carbocycles. The fourth-order valence-corrected chi connectivity index (χ4v) is 2.76. The number of carboxylic acids is 1. The second-order valence-corrected chi connectivity index (χ2v) is 6.45. The number of nitrogens with one attached hydrogen (secondary N) is 1. The number of ether oxygens (including phenoxy) is 1. The lowest BCUT2D eigenvalue weighted by Gasteiger charge is -2.32. The first-order valence-electron chi connectivity index (χ1n) is 8.66. The second kappa shape index (κ2) is 9.42. The molecular formula is C17H33NO3. The molecule has 124 valence electrons. The van der Waals surface area contributed by atoms with Crippen molar-refractivity contribution in [2.75, 3.05) is 13.2 Å². The molecule has 1 rings (SSSR count). The summed E-state index contributed by atoms with van der Waals surface area (Å²) in [5, 5.41) is 12.9. The van der Waals surface area contributed by atoms with Gasteiger partial charge in [0.2, 0.25) is 0 Å². The lowest BCUT2D eigenvalue weighted by molar-refractivity contribution is -0.150. The van der Waals surface area contributed by atoms with Gasteiger partial charge in [-0.15, -0.1) is 0 Å². The minimum absolute atomic E-state index is 0.141. The Morgan fingerprint density at radius 2 is 2.00 bits per heavy atom. The molecule has 4 nitrogen and oxygen atoms in total. The zero-order valence-corrected chi connectivity index (χ0v) is 14.0. The molecule has 0 aromatic heterocycles. The van der Waals surface area contributed by atoms with Crippen LogP contribution in [-0.4, -0.2) is 35.9 Å². The Morgan fingerprint density at radius 1 is 1.29 bits per heavy atom. The minimum Gasteiger partial charge on any atom is -0.480 e. The van der Waals surface area contributed by atoms with Crippen LogP contribution in [0.2, 0.25) is 0 Å². The summed E-state index contributed by atoms with van der Waals surface area (Å²) in [5.41, 5.74) is -0.867. The molecule has 1 saturated carbocycles. The lowest BCUT2D eigenvalue weighted by atomic mass is 9.94. The molecule has 21 heavy (non-hydrogen) atoms. The van der Waals surface area contributed by atoms with E-state index in [1.807, 2.05) is 0 Å². The van der Waals surface area contributed by atoms with Crippen molar-refractivity contribution in [2.24, 2.45) is 5.92 Å². The van der Waals surface area contributed by atoms with E-state index in [1.165, 1.54) is 25.7 Å². The molecule has 0 heterocycles. The maximum atomic E-state index is 11.8. The summed E-state index contributed by atoms with van der Waals surface area (Å²) in [6.45, 7) is 7.35. The first-order valence-corrected chi connectivity index (χ1v) is 8.66. The highest BCUT2D eigenvalue weighted by atomic mass is 16.5. The quantitative estimate of drug-likeness (QED) is 0.510. The third kappa shape index (κ3) is 5.95. The molecular weight excluding hydrogens is 266 g/mol. The van der Waals surface area contributed by atoms with Crippen molar-refractivity contribution in [3.8, 4) is 0 Å². The first kappa shape index (κ1) is 18.4. The summed E-state index contributed by atoms with van der Waals surface area (Å²) >= 11 is 0. The number of unbranched alkanes of at least 4 members (excludes halogenated alkanes) is 3. The number of hydrogen-bond donors (Lipinski definition) is 2. The molecule has 2 N–H and O–H groups in total. The number of rotatable bonds is 13.